The van der Waals surface area contributed by atoms with Crippen molar-refractivity contribution in [3.63, 3.8) is 0 Å². The number of hydrogen-bond donors (Lipinski definition) is 1. The Labute approximate surface area is 248 Å². The molecule has 3 aromatic carbocycles. The predicted molar refractivity (Wildman–Crippen MR) is 161 cm³/mol. The lowest BCUT2D eigenvalue weighted by Gasteiger charge is -2.34. The molecular formula is C28H30BrCl2N3O4S. The molecule has 0 aromatic heterocycles. The van der Waals surface area contributed by atoms with E-state index in [-0.39, 0.29) is 24.9 Å². The summed E-state index contributed by atoms with van der Waals surface area (Å²) in [6.07, 6.45) is 1.23. The van der Waals surface area contributed by atoms with Gasteiger partial charge in [-0.1, -0.05) is 75.5 Å². The largest absolute Gasteiger partial charge is 0.352 e. The van der Waals surface area contributed by atoms with Gasteiger partial charge in [0.2, 0.25) is 21.8 Å². The summed E-state index contributed by atoms with van der Waals surface area (Å²) in [6, 6.07) is 19.7. The molecule has 39 heavy (non-hydrogen) atoms. The first-order valence-electron chi connectivity index (χ1n) is 12.2. The van der Waals surface area contributed by atoms with E-state index in [1.165, 1.54) is 4.90 Å². The number of benzene rings is 3. The molecule has 1 N–H and O–H groups in total. The minimum atomic E-state index is -3.85. The van der Waals surface area contributed by atoms with E-state index in [1.807, 2.05) is 44.2 Å². The van der Waals surface area contributed by atoms with E-state index in [2.05, 4.69) is 21.2 Å². The molecule has 0 spiro atoms. The quantitative estimate of drug-likeness (QED) is 0.288. The number of carbonyl (C=O) groups is 2. The van der Waals surface area contributed by atoms with Crippen LogP contribution in [-0.2, 0) is 32.6 Å². The average molecular weight is 655 g/mol. The maximum Gasteiger partial charge on any atom is 0.244 e. The van der Waals surface area contributed by atoms with E-state index < -0.39 is 28.5 Å². The Morgan fingerprint density at radius 2 is 1.51 bits per heavy atom. The highest BCUT2D eigenvalue weighted by Crippen LogP contribution is 2.28. The summed E-state index contributed by atoms with van der Waals surface area (Å²) in [7, 11) is -3.85. The first kappa shape index (κ1) is 30.9. The van der Waals surface area contributed by atoms with E-state index in [1.54, 1.807) is 42.5 Å². The molecular weight excluding hydrogens is 625 g/mol. The maximum absolute atomic E-state index is 14.0. The van der Waals surface area contributed by atoms with E-state index in [9.17, 15) is 18.0 Å². The normalized spacial score (nSPS) is 12.2. The van der Waals surface area contributed by atoms with Gasteiger partial charge in [-0.2, -0.15) is 0 Å². The molecule has 11 heteroatoms. The zero-order chi connectivity index (χ0) is 28.7. The molecule has 0 aliphatic carbocycles. The van der Waals surface area contributed by atoms with Crippen molar-refractivity contribution in [1.82, 2.24) is 10.2 Å². The molecule has 0 aliphatic heterocycles. The third-order valence-corrected chi connectivity index (χ3v) is 8.26. The molecule has 0 bridgehead atoms. The van der Waals surface area contributed by atoms with Crippen LogP contribution in [0.1, 0.15) is 25.0 Å². The monoisotopic (exact) mass is 653 g/mol. The van der Waals surface area contributed by atoms with E-state index >= 15 is 0 Å². The van der Waals surface area contributed by atoms with Crippen LogP contribution in [0.5, 0.6) is 0 Å². The van der Waals surface area contributed by atoms with Gasteiger partial charge in [0.25, 0.3) is 0 Å². The van der Waals surface area contributed by atoms with Gasteiger partial charge in [0.15, 0.2) is 0 Å². The van der Waals surface area contributed by atoms with Crippen molar-refractivity contribution in [3.8, 4) is 0 Å². The topological polar surface area (TPSA) is 86.8 Å². The lowest BCUT2D eigenvalue weighted by molar-refractivity contribution is -0.140. The fraction of sp³-hybridized carbons (Fsp3) is 0.286. The maximum atomic E-state index is 14.0. The van der Waals surface area contributed by atoms with Gasteiger partial charge in [0.05, 0.1) is 11.9 Å². The Balaban J connectivity index is 2.09. The van der Waals surface area contributed by atoms with Crippen molar-refractivity contribution < 1.29 is 18.0 Å². The van der Waals surface area contributed by atoms with Crippen LogP contribution in [0.15, 0.2) is 77.3 Å². The highest BCUT2D eigenvalue weighted by atomic mass is 79.9. The Morgan fingerprint density at radius 3 is 2.05 bits per heavy atom. The Hall–Kier alpha value is -2.59. The predicted octanol–water partition coefficient (Wildman–Crippen LogP) is 5.69. The SMILES string of the molecule is CC(C)NC(=O)[C@@H](Cc1ccccc1)N(Cc1c(Cl)cccc1Cl)C(=O)CN(c1ccc(Br)cc1)S(C)(=O)=O. The third kappa shape index (κ3) is 8.70. The molecule has 0 aliphatic rings. The molecule has 3 aromatic rings. The lowest BCUT2D eigenvalue weighted by atomic mass is 10.0. The Morgan fingerprint density at radius 1 is 0.923 bits per heavy atom. The summed E-state index contributed by atoms with van der Waals surface area (Å²) in [5, 5.41) is 3.56. The number of hydrogen-bond acceptors (Lipinski definition) is 4. The second kappa shape index (κ2) is 13.7. The van der Waals surface area contributed by atoms with Crippen LogP contribution >= 0.6 is 39.1 Å². The van der Waals surface area contributed by atoms with Crippen LogP contribution in [-0.4, -0.2) is 50.0 Å². The van der Waals surface area contributed by atoms with Crippen molar-refractivity contribution in [2.24, 2.45) is 0 Å². The summed E-state index contributed by atoms with van der Waals surface area (Å²) in [4.78, 5) is 28.9. The fourth-order valence-corrected chi connectivity index (χ4v) is 5.64. The zero-order valence-electron chi connectivity index (χ0n) is 21.8. The minimum absolute atomic E-state index is 0.0989. The second-order valence-electron chi connectivity index (χ2n) is 9.34. The van der Waals surface area contributed by atoms with Crippen molar-refractivity contribution in [2.45, 2.75) is 38.9 Å². The van der Waals surface area contributed by atoms with Crippen LogP contribution in [0.3, 0.4) is 0 Å². The van der Waals surface area contributed by atoms with Gasteiger partial charge < -0.3 is 10.2 Å². The van der Waals surface area contributed by atoms with Crippen LogP contribution < -0.4 is 9.62 Å². The average Bonchev–Trinajstić information content (AvgIpc) is 2.86. The van der Waals surface area contributed by atoms with Gasteiger partial charge in [-0.15, -0.1) is 0 Å². The molecule has 0 unspecified atom stereocenters. The molecule has 1 atom stereocenters. The number of rotatable bonds is 11. The number of nitrogens with zero attached hydrogens (tertiary/aromatic N) is 2. The van der Waals surface area contributed by atoms with Crippen LogP contribution in [0.25, 0.3) is 0 Å². The van der Waals surface area contributed by atoms with Gasteiger partial charge in [0, 0.05) is 39.1 Å². The van der Waals surface area contributed by atoms with Crippen molar-refractivity contribution >= 4 is 66.7 Å². The van der Waals surface area contributed by atoms with Crippen LogP contribution in [0, 0.1) is 0 Å². The first-order chi connectivity index (χ1) is 18.4. The lowest BCUT2D eigenvalue weighted by Crippen LogP contribution is -2.54. The molecule has 208 valence electrons. The zero-order valence-corrected chi connectivity index (χ0v) is 25.7. The standard InChI is InChI=1S/C28H30BrCl2N3O4S/c1-19(2)32-28(36)26(16-20-8-5-4-6-9-20)33(17-23-24(30)10-7-11-25(23)31)27(35)18-34(39(3,37)38)22-14-12-21(29)13-15-22/h4-15,19,26H,16-18H2,1-3H3,(H,32,36)/t26-/m1/s1. The van der Waals surface area contributed by atoms with Gasteiger partial charge in [-0.3, -0.25) is 13.9 Å². The third-order valence-electron chi connectivity index (χ3n) is 5.89. The molecule has 0 saturated heterocycles. The van der Waals surface area contributed by atoms with Gasteiger partial charge in [-0.25, -0.2) is 8.42 Å². The van der Waals surface area contributed by atoms with Gasteiger partial charge in [-0.05, 0) is 55.8 Å². The smallest absolute Gasteiger partial charge is 0.244 e. The van der Waals surface area contributed by atoms with Gasteiger partial charge >= 0.3 is 0 Å². The Kier molecular flexibility index (Phi) is 10.8. The number of nitrogens with one attached hydrogen (secondary N) is 1. The Bertz CT molecular complexity index is 1380. The van der Waals surface area contributed by atoms with Crippen LogP contribution in [0.4, 0.5) is 5.69 Å². The molecule has 7 nitrogen and oxygen atoms in total. The van der Waals surface area contributed by atoms with E-state index in [0.717, 1.165) is 20.6 Å². The fourth-order valence-electron chi connectivity index (χ4n) is 4.01. The number of amides is 2. The number of halogens is 3. The van der Waals surface area contributed by atoms with Crippen molar-refractivity contribution in [3.05, 3.63) is 98.4 Å². The molecule has 0 heterocycles. The molecule has 2 amide bonds. The highest BCUT2D eigenvalue weighted by molar-refractivity contribution is 9.10. The van der Waals surface area contributed by atoms with Crippen molar-refractivity contribution in [2.75, 3.05) is 17.1 Å². The molecule has 0 saturated carbocycles. The van der Waals surface area contributed by atoms with E-state index in [4.69, 9.17) is 23.2 Å². The first-order valence-corrected chi connectivity index (χ1v) is 15.6. The number of anilines is 1. The summed E-state index contributed by atoms with van der Waals surface area (Å²) in [6.45, 7) is 3.03. The molecule has 0 fully saturated rings. The second-order valence-corrected chi connectivity index (χ2v) is 13.0. The molecule has 0 radical (unpaired) electrons. The number of sulfonamides is 1. The molecule has 3 rings (SSSR count). The minimum Gasteiger partial charge on any atom is -0.352 e. The van der Waals surface area contributed by atoms with Gasteiger partial charge in [0.1, 0.15) is 12.6 Å². The summed E-state index contributed by atoms with van der Waals surface area (Å²) >= 11 is 16.3. The highest BCUT2D eigenvalue weighted by Gasteiger charge is 2.34. The summed E-state index contributed by atoms with van der Waals surface area (Å²) in [5.74, 6) is -0.959. The summed E-state index contributed by atoms with van der Waals surface area (Å²) < 4.78 is 27.4. The summed E-state index contributed by atoms with van der Waals surface area (Å²) in [5.41, 5.74) is 1.60. The van der Waals surface area contributed by atoms with Crippen LogP contribution in [0.2, 0.25) is 10.0 Å². The van der Waals surface area contributed by atoms with E-state index in [0.29, 0.717) is 21.3 Å². The number of carbonyl (C=O) groups excluding carboxylic acids is 2. The van der Waals surface area contributed by atoms with Crippen molar-refractivity contribution in [1.29, 1.82) is 0 Å².